The van der Waals surface area contributed by atoms with Gasteiger partial charge in [0.2, 0.25) is 15.9 Å². The normalized spacial score (nSPS) is 19.7. The first-order valence-electron chi connectivity index (χ1n) is 8.68. The van der Waals surface area contributed by atoms with Crippen molar-refractivity contribution in [2.24, 2.45) is 11.8 Å². The molecule has 0 aliphatic carbocycles. The van der Waals surface area contributed by atoms with Crippen molar-refractivity contribution >= 4 is 21.9 Å². The fourth-order valence-electron chi connectivity index (χ4n) is 3.20. The van der Waals surface area contributed by atoms with E-state index in [4.69, 9.17) is 0 Å². The third-order valence-electron chi connectivity index (χ3n) is 4.66. The first-order valence-corrected chi connectivity index (χ1v) is 10.5. The molecular weight excluding hydrogens is 356 g/mol. The number of hydrogen-bond donors (Lipinski definition) is 2. The third kappa shape index (κ3) is 5.81. The number of carboxylic acid groups (broad SMARTS) is 1. The van der Waals surface area contributed by atoms with E-state index in [1.165, 1.54) is 4.31 Å². The molecule has 0 radical (unpaired) electrons. The molecule has 2 unspecified atom stereocenters. The molecule has 1 fully saturated rings. The zero-order valence-electron chi connectivity index (χ0n) is 15.1. The van der Waals surface area contributed by atoms with Crippen LogP contribution in [0.25, 0.3) is 0 Å². The van der Waals surface area contributed by atoms with Crippen molar-refractivity contribution in [3.63, 3.8) is 0 Å². The van der Waals surface area contributed by atoms with Crippen LogP contribution >= 0.6 is 0 Å². The van der Waals surface area contributed by atoms with Gasteiger partial charge in [-0.1, -0.05) is 29.8 Å². The smallest absolute Gasteiger partial charge is 0.308 e. The number of carbonyl (C=O) groups is 2. The summed E-state index contributed by atoms with van der Waals surface area (Å²) in [7, 11) is -3.32. The second-order valence-electron chi connectivity index (χ2n) is 6.93. The Bertz CT molecular complexity index is 763. The van der Waals surface area contributed by atoms with Gasteiger partial charge in [0.05, 0.1) is 18.1 Å². The summed E-state index contributed by atoms with van der Waals surface area (Å²) in [6.45, 7) is 2.54. The first-order chi connectivity index (χ1) is 12.2. The highest BCUT2D eigenvalue weighted by molar-refractivity contribution is 7.88. The van der Waals surface area contributed by atoms with E-state index in [0.717, 1.165) is 17.4 Å². The van der Waals surface area contributed by atoms with Crippen molar-refractivity contribution in [3.05, 3.63) is 35.4 Å². The van der Waals surface area contributed by atoms with Crippen LogP contribution in [0.15, 0.2) is 24.3 Å². The highest BCUT2D eigenvalue weighted by atomic mass is 32.2. The van der Waals surface area contributed by atoms with Crippen LogP contribution in [0.4, 0.5) is 0 Å². The molecule has 1 saturated heterocycles. The number of piperidine rings is 1. The van der Waals surface area contributed by atoms with Crippen LogP contribution in [0.1, 0.15) is 24.0 Å². The van der Waals surface area contributed by atoms with Gasteiger partial charge in [-0.05, 0) is 31.7 Å². The second kappa shape index (κ2) is 8.64. The summed E-state index contributed by atoms with van der Waals surface area (Å²) < 4.78 is 24.6. The molecule has 1 amide bonds. The molecule has 1 aliphatic heterocycles. The van der Waals surface area contributed by atoms with Crippen LogP contribution in [0.3, 0.4) is 0 Å². The zero-order valence-corrected chi connectivity index (χ0v) is 16.0. The number of sulfonamides is 1. The van der Waals surface area contributed by atoms with E-state index < -0.39 is 27.8 Å². The maximum atomic E-state index is 12.4. The first kappa shape index (κ1) is 20.4. The number of aryl methyl sites for hydroxylation is 1. The van der Waals surface area contributed by atoms with E-state index >= 15 is 0 Å². The van der Waals surface area contributed by atoms with Crippen LogP contribution in [0.2, 0.25) is 0 Å². The minimum Gasteiger partial charge on any atom is -0.481 e. The summed E-state index contributed by atoms with van der Waals surface area (Å²) in [4.78, 5) is 23.9. The Hall–Kier alpha value is -1.93. The fraction of sp³-hybridized carbons (Fsp3) is 0.556. The summed E-state index contributed by atoms with van der Waals surface area (Å²) in [5.41, 5.74) is 1.96. The Morgan fingerprint density at radius 1 is 1.38 bits per heavy atom. The van der Waals surface area contributed by atoms with Crippen molar-refractivity contribution in [2.75, 3.05) is 25.9 Å². The molecule has 2 atom stereocenters. The van der Waals surface area contributed by atoms with Crippen LogP contribution in [-0.4, -0.2) is 55.6 Å². The molecule has 144 valence electrons. The van der Waals surface area contributed by atoms with Gasteiger partial charge in [-0.25, -0.2) is 12.7 Å². The molecule has 7 nitrogen and oxygen atoms in total. The number of hydrogen-bond acceptors (Lipinski definition) is 4. The molecule has 0 saturated carbocycles. The van der Waals surface area contributed by atoms with Gasteiger partial charge in [0.15, 0.2) is 0 Å². The summed E-state index contributed by atoms with van der Waals surface area (Å²) in [6, 6.07) is 7.63. The summed E-state index contributed by atoms with van der Waals surface area (Å²) in [5.74, 6) is -2.41. The predicted molar refractivity (Wildman–Crippen MR) is 98.2 cm³/mol. The molecule has 8 heteroatoms. The molecule has 1 aliphatic rings. The quantitative estimate of drug-likeness (QED) is 0.733. The van der Waals surface area contributed by atoms with Crippen molar-refractivity contribution in [1.82, 2.24) is 9.62 Å². The fourth-order valence-corrected chi connectivity index (χ4v) is 4.11. The minimum atomic E-state index is -3.32. The van der Waals surface area contributed by atoms with Gasteiger partial charge in [-0.2, -0.15) is 0 Å². The Morgan fingerprint density at radius 3 is 2.73 bits per heavy atom. The van der Waals surface area contributed by atoms with Crippen LogP contribution in [-0.2, 0) is 26.0 Å². The van der Waals surface area contributed by atoms with Crippen molar-refractivity contribution in [3.8, 4) is 0 Å². The summed E-state index contributed by atoms with van der Waals surface area (Å²) >= 11 is 0. The number of aliphatic carboxylic acids is 1. The lowest BCUT2D eigenvalue weighted by atomic mass is 9.96. The number of nitrogens with zero attached hydrogens (tertiary/aromatic N) is 1. The number of carbonyl (C=O) groups excluding carboxylic acids is 1. The van der Waals surface area contributed by atoms with Gasteiger partial charge in [0, 0.05) is 19.6 Å². The molecule has 0 bridgehead atoms. The molecule has 0 aromatic heterocycles. The van der Waals surface area contributed by atoms with E-state index in [1.54, 1.807) is 0 Å². The number of amides is 1. The summed E-state index contributed by atoms with van der Waals surface area (Å²) in [6.07, 6.45) is 2.69. The SMILES string of the molecule is Cc1cccc(CC(CNC(=O)C2CCCN(S(C)(=O)=O)C2)C(=O)O)c1. The van der Waals surface area contributed by atoms with E-state index in [2.05, 4.69) is 5.32 Å². The lowest BCUT2D eigenvalue weighted by molar-refractivity contribution is -0.141. The van der Waals surface area contributed by atoms with Gasteiger partial charge in [-0.15, -0.1) is 0 Å². The average molecular weight is 382 g/mol. The van der Waals surface area contributed by atoms with Gasteiger partial charge in [0.1, 0.15) is 0 Å². The topological polar surface area (TPSA) is 104 Å². The van der Waals surface area contributed by atoms with E-state index in [1.807, 2.05) is 31.2 Å². The average Bonchev–Trinajstić information content (AvgIpc) is 2.57. The van der Waals surface area contributed by atoms with E-state index in [9.17, 15) is 23.1 Å². The molecule has 1 aromatic rings. The largest absolute Gasteiger partial charge is 0.481 e. The Balaban J connectivity index is 1.93. The second-order valence-corrected chi connectivity index (χ2v) is 8.92. The monoisotopic (exact) mass is 382 g/mol. The highest BCUT2D eigenvalue weighted by Crippen LogP contribution is 2.19. The van der Waals surface area contributed by atoms with E-state index in [-0.39, 0.29) is 19.0 Å². The van der Waals surface area contributed by atoms with Crippen molar-refractivity contribution in [1.29, 1.82) is 0 Å². The molecule has 2 rings (SSSR count). The maximum Gasteiger partial charge on any atom is 0.308 e. The van der Waals surface area contributed by atoms with Gasteiger partial charge >= 0.3 is 5.97 Å². The van der Waals surface area contributed by atoms with Crippen molar-refractivity contribution < 1.29 is 23.1 Å². The number of benzene rings is 1. The lowest BCUT2D eigenvalue weighted by Gasteiger charge is -2.30. The molecular formula is C18H26N2O5S. The zero-order chi connectivity index (χ0) is 19.3. The van der Waals surface area contributed by atoms with Crippen LogP contribution in [0.5, 0.6) is 0 Å². The predicted octanol–water partition coefficient (Wildman–Crippen LogP) is 1.03. The minimum absolute atomic E-state index is 0.0253. The van der Waals surface area contributed by atoms with Crippen LogP contribution in [0, 0.1) is 18.8 Å². The number of rotatable bonds is 7. The van der Waals surface area contributed by atoms with Gasteiger partial charge in [0.25, 0.3) is 0 Å². The number of nitrogens with one attached hydrogen (secondary N) is 1. The van der Waals surface area contributed by atoms with Gasteiger partial charge < -0.3 is 10.4 Å². The Morgan fingerprint density at radius 2 is 2.12 bits per heavy atom. The molecule has 26 heavy (non-hydrogen) atoms. The molecule has 0 spiro atoms. The van der Waals surface area contributed by atoms with Crippen molar-refractivity contribution in [2.45, 2.75) is 26.2 Å². The number of carboxylic acids is 1. The molecule has 1 heterocycles. The third-order valence-corrected chi connectivity index (χ3v) is 5.93. The molecule has 1 aromatic carbocycles. The van der Waals surface area contributed by atoms with Gasteiger partial charge in [-0.3, -0.25) is 9.59 Å². The molecule has 2 N–H and O–H groups in total. The standard InChI is InChI=1S/C18H26N2O5S/c1-13-5-3-6-14(9-13)10-16(18(22)23)11-19-17(21)15-7-4-8-20(12-15)26(2,24)25/h3,5-6,9,15-16H,4,7-8,10-12H2,1-2H3,(H,19,21)(H,22,23). The Kier molecular flexibility index (Phi) is 6.77. The van der Waals surface area contributed by atoms with E-state index in [0.29, 0.717) is 25.8 Å². The lowest BCUT2D eigenvalue weighted by Crippen LogP contribution is -2.46. The highest BCUT2D eigenvalue weighted by Gasteiger charge is 2.30. The maximum absolute atomic E-state index is 12.4. The Labute approximate surface area is 154 Å². The summed E-state index contributed by atoms with van der Waals surface area (Å²) in [5, 5.41) is 12.1. The van der Waals surface area contributed by atoms with Crippen LogP contribution < -0.4 is 5.32 Å².